The Kier molecular flexibility index (Phi) is 1.98. The quantitative estimate of drug-likeness (QED) is 0.509. The number of halogens is 3. The average molecular weight is 229 g/mol. The molecule has 0 aromatic carbocycles. The van der Waals surface area contributed by atoms with Crippen LogP contribution in [0.25, 0.3) is 0 Å². The molecule has 2 fully saturated rings. The van der Waals surface area contributed by atoms with E-state index in [2.05, 4.69) is 0 Å². The Bertz CT molecular complexity index is 223. The van der Waals surface area contributed by atoms with Crippen LogP contribution in [-0.2, 0) is 9.53 Å². The van der Waals surface area contributed by atoms with Crippen LogP contribution in [0.15, 0.2) is 0 Å². The lowest BCUT2D eigenvalue weighted by molar-refractivity contribution is -0.141. The van der Waals surface area contributed by atoms with E-state index in [1.165, 1.54) is 0 Å². The van der Waals surface area contributed by atoms with Crippen LogP contribution in [0.3, 0.4) is 0 Å². The van der Waals surface area contributed by atoms with Crippen molar-refractivity contribution in [2.75, 3.05) is 6.61 Å². The van der Waals surface area contributed by atoms with Crippen LogP contribution in [0.2, 0.25) is 0 Å². The Labute approximate surface area is 85.1 Å². The van der Waals surface area contributed by atoms with Crippen molar-refractivity contribution < 1.29 is 9.53 Å². The lowest BCUT2D eigenvalue weighted by Gasteiger charge is -2.11. The van der Waals surface area contributed by atoms with E-state index >= 15 is 0 Å². The summed E-state index contributed by atoms with van der Waals surface area (Å²) in [4.78, 5) is 11.0. The summed E-state index contributed by atoms with van der Waals surface area (Å²) in [5.74, 6) is 0.437. The van der Waals surface area contributed by atoms with Gasteiger partial charge in [-0.3, -0.25) is 4.79 Å². The molecule has 2 nitrogen and oxygen atoms in total. The van der Waals surface area contributed by atoms with E-state index in [9.17, 15) is 4.79 Å². The van der Waals surface area contributed by atoms with Crippen LogP contribution < -0.4 is 0 Å². The van der Waals surface area contributed by atoms with E-state index in [1.807, 2.05) is 0 Å². The summed E-state index contributed by atoms with van der Waals surface area (Å²) in [7, 11) is 0. The van der Waals surface area contributed by atoms with Gasteiger partial charge in [-0.25, -0.2) is 0 Å². The molecule has 0 spiro atoms. The van der Waals surface area contributed by atoms with Crippen molar-refractivity contribution in [3.8, 4) is 0 Å². The first-order chi connectivity index (χ1) is 5.49. The van der Waals surface area contributed by atoms with Gasteiger partial charge in [-0.1, -0.05) is 34.8 Å². The summed E-state index contributed by atoms with van der Waals surface area (Å²) < 4.78 is 3.56. The number of alkyl halides is 3. The van der Waals surface area contributed by atoms with Gasteiger partial charge in [0, 0.05) is 5.92 Å². The predicted molar refractivity (Wildman–Crippen MR) is 46.3 cm³/mol. The summed E-state index contributed by atoms with van der Waals surface area (Å²) in [6.45, 7) is 0.509. The minimum absolute atomic E-state index is 0.0145. The molecule has 2 rings (SSSR count). The number of hydrogen-bond donors (Lipinski definition) is 0. The number of cyclic esters (lactones) is 1. The third-order valence-corrected chi connectivity index (χ3v) is 2.95. The minimum Gasteiger partial charge on any atom is -0.465 e. The highest BCUT2D eigenvalue weighted by Gasteiger charge is 2.61. The maximum Gasteiger partial charge on any atom is 0.309 e. The first kappa shape index (κ1) is 8.92. The molecule has 1 heterocycles. The third-order valence-electron chi connectivity index (χ3n) is 2.49. The van der Waals surface area contributed by atoms with Gasteiger partial charge in [0.25, 0.3) is 0 Å². The van der Waals surface area contributed by atoms with Crippen molar-refractivity contribution in [3.05, 3.63) is 0 Å². The fraction of sp³-hybridized carbons (Fsp3) is 0.857. The minimum atomic E-state index is -1.23. The van der Waals surface area contributed by atoms with Crippen LogP contribution >= 0.6 is 34.8 Å². The number of carbonyl (C=O) groups is 1. The normalized spacial score (nSPS) is 39.2. The van der Waals surface area contributed by atoms with Gasteiger partial charge in [-0.05, 0) is 12.3 Å². The fourth-order valence-electron chi connectivity index (χ4n) is 1.84. The van der Waals surface area contributed by atoms with E-state index in [4.69, 9.17) is 39.5 Å². The monoisotopic (exact) mass is 228 g/mol. The Morgan fingerprint density at radius 2 is 2.17 bits per heavy atom. The molecular weight excluding hydrogens is 222 g/mol. The molecule has 3 atom stereocenters. The molecule has 1 aliphatic heterocycles. The third kappa shape index (κ3) is 1.52. The van der Waals surface area contributed by atoms with Crippen molar-refractivity contribution >= 4 is 40.8 Å². The van der Waals surface area contributed by atoms with E-state index in [1.54, 1.807) is 0 Å². The number of ether oxygens (including phenoxy) is 1. The zero-order valence-corrected chi connectivity index (χ0v) is 8.36. The topological polar surface area (TPSA) is 26.3 Å². The number of rotatable bonds is 1. The van der Waals surface area contributed by atoms with Crippen molar-refractivity contribution in [3.63, 3.8) is 0 Å². The van der Waals surface area contributed by atoms with Crippen LogP contribution in [0.5, 0.6) is 0 Å². The molecule has 0 radical (unpaired) electrons. The molecule has 0 aromatic rings. The zero-order valence-electron chi connectivity index (χ0n) is 6.10. The summed E-state index contributed by atoms with van der Waals surface area (Å²) >= 11 is 16.8. The smallest absolute Gasteiger partial charge is 0.309 e. The van der Waals surface area contributed by atoms with E-state index in [0.29, 0.717) is 18.9 Å². The van der Waals surface area contributed by atoms with Crippen molar-refractivity contribution in [1.29, 1.82) is 0 Å². The summed E-state index contributed by atoms with van der Waals surface area (Å²) in [5.41, 5.74) is 0. The highest BCUT2D eigenvalue weighted by atomic mass is 35.6. The molecule has 1 aliphatic carbocycles. The Balaban J connectivity index is 1.92. The molecule has 1 saturated heterocycles. The molecule has 68 valence electrons. The second-order valence-electron chi connectivity index (χ2n) is 3.30. The second-order valence-corrected chi connectivity index (χ2v) is 5.82. The second kappa shape index (κ2) is 2.66. The number of fused-ring (bicyclic) bond motifs is 1. The maximum atomic E-state index is 11.0. The van der Waals surface area contributed by atoms with Crippen molar-refractivity contribution in [2.24, 2.45) is 17.8 Å². The van der Waals surface area contributed by atoms with Crippen LogP contribution in [0.1, 0.15) is 6.42 Å². The highest BCUT2D eigenvalue weighted by molar-refractivity contribution is 6.67. The van der Waals surface area contributed by atoms with Gasteiger partial charge in [0.1, 0.15) is 0 Å². The Hall–Kier alpha value is 0.340. The maximum absolute atomic E-state index is 11.0. The molecule has 0 N–H and O–H groups in total. The van der Waals surface area contributed by atoms with Crippen molar-refractivity contribution in [2.45, 2.75) is 10.2 Å². The molecule has 3 unspecified atom stereocenters. The van der Waals surface area contributed by atoms with Crippen LogP contribution in [0, 0.1) is 17.8 Å². The van der Waals surface area contributed by atoms with Gasteiger partial charge in [0.2, 0.25) is 0 Å². The molecular formula is C7H7Cl3O2. The molecule has 0 amide bonds. The SMILES string of the molecule is O=C1OCC2C(CC(Cl)(Cl)Cl)C12. The molecule has 2 aliphatic rings. The zero-order chi connectivity index (χ0) is 8.93. The first-order valence-corrected chi connectivity index (χ1v) is 4.86. The van der Waals surface area contributed by atoms with Crippen LogP contribution in [-0.4, -0.2) is 16.4 Å². The molecule has 1 saturated carbocycles. The molecule has 5 heteroatoms. The first-order valence-electron chi connectivity index (χ1n) is 3.72. The van der Waals surface area contributed by atoms with Crippen molar-refractivity contribution in [1.82, 2.24) is 0 Å². The number of esters is 1. The number of hydrogen-bond acceptors (Lipinski definition) is 2. The average Bonchev–Trinajstić information content (AvgIpc) is 2.37. The van der Waals surface area contributed by atoms with Crippen LogP contribution in [0.4, 0.5) is 0 Å². The van der Waals surface area contributed by atoms with E-state index in [-0.39, 0.29) is 17.8 Å². The van der Waals surface area contributed by atoms with Gasteiger partial charge < -0.3 is 4.74 Å². The summed E-state index contributed by atoms with van der Waals surface area (Å²) in [6.07, 6.45) is 0.460. The van der Waals surface area contributed by atoms with Gasteiger partial charge in [-0.15, -0.1) is 0 Å². The fourth-order valence-corrected chi connectivity index (χ4v) is 2.38. The Morgan fingerprint density at radius 1 is 1.50 bits per heavy atom. The van der Waals surface area contributed by atoms with Gasteiger partial charge in [0.15, 0.2) is 3.79 Å². The highest BCUT2D eigenvalue weighted by Crippen LogP contribution is 2.56. The molecule has 12 heavy (non-hydrogen) atoms. The Morgan fingerprint density at radius 3 is 2.58 bits per heavy atom. The lowest BCUT2D eigenvalue weighted by atomic mass is 10.2. The molecule has 0 aromatic heterocycles. The standard InChI is InChI=1S/C7H7Cl3O2/c8-7(9,10)1-3-4-2-12-6(11)5(3)4/h3-5H,1-2H2. The molecule has 0 bridgehead atoms. The summed E-state index contributed by atoms with van der Waals surface area (Å²) in [6, 6.07) is 0. The predicted octanol–water partition coefficient (Wildman–Crippen LogP) is 2.17. The lowest BCUT2D eigenvalue weighted by Crippen LogP contribution is -2.11. The van der Waals surface area contributed by atoms with Gasteiger partial charge in [0.05, 0.1) is 12.5 Å². The van der Waals surface area contributed by atoms with E-state index in [0.717, 1.165) is 0 Å². The van der Waals surface area contributed by atoms with Gasteiger partial charge >= 0.3 is 5.97 Å². The number of carbonyl (C=O) groups excluding carboxylic acids is 1. The largest absolute Gasteiger partial charge is 0.465 e. The van der Waals surface area contributed by atoms with Gasteiger partial charge in [-0.2, -0.15) is 0 Å². The summed E-state index contributed by atoms with van der Waals surface area (Å²) in [5, 5.41) is 0. The van der Waals surface area contributed by atoms with E-state index < -0.39 is 3.79 Å².